The van der Waals surface area contributed by atoms with Crippen LogP contribution in [0.5, 0.6) is 5.75 Å². The van der Waals surface area contributed by atoms with Crippen molar-refractivity contribution in [2.45, 2.75) is 6.92 Å². The monoisotopic (exact) mass is 443 g/mol. The molecule has 0 unspecified atom stereocenters. The Morgan fingerprint density at radius 1 is 1.03 bits per heavy atom. The summed E-state index contributed by atoms with van der Waals surface area (Å²) in [5.74, 6) is 0.966. The number of fused-ring (bicyclic) bond motifs is 1. The van der Waals surface area contributed by atoms with Gasteiger partial charge in [-0.3, -0.25) is 4.79 Å². The Morgan fingerprint density at radius 3 is 2.59 bits per heavy atom. The van der Waals surface area contributed by atoms with Gasteiger partial charge in [0.2, 0.25) is 0 Å². The summed E-state index contributed by atoms with van der Waals surface area (Å²) >= 11 is 1.63. The first kappa shape index (κ1) is 20.5. The maximum absolute atomic E-state index is 13.6. The molecule has 0 atom stereocenters. The maximum Gasteiger partial charge on any atom is 0.254 e. The normalized spacial score (nSPS) is 14.0. The van der Waals surface area contributed by atoms with E-state index in [9.17, 15) is 4.79 Å². The number of ether oxygens (including phenoxy) is 1. The first-order valence-corrected chi connectivity index (χ1v) is 11.9. The molecule has 6 heteroatoms. The SMILES string of the molecule is CCOc1ccccc1N1CCN(C(=O)c2cc(-c3ccsc3)nc3ccccc23)CC1. The van der Waals surface area contributed by atoms with E-state index in [-0.39, 0.29) is 5.91 Å². The van der Waals surface area contributed by atoms with Crippen molar-refractivity contribution in [3.05, 3.63) is 77.0 Å². The fraction of sp³-hybridized carbons (Fsp3) is 0.231. The molecule has 4 aromatic rings. The molecule has 1 amide bonds. The zero-order valence-corrected chi connectivity index (χ0v) is 18.8. The fourth-order valence-corrected chi connectivity index (χ4v) is 4.88. The molecule has 32 heavy (non-hydrogen) atoms. The van der Waals surface area contributed by atoms with Crippen LogP contribution in [-0.4, -0.2) is 48.6 Å². The molecule has 5 rings (SSSR count). The van der Waals surface area contributed by atoms with Crippen molar-refractivity contribution >= 4 is 33.8 Å². The minimum Gasteiger partial charge on any atom is -0.492 e. The number of anilines is 1. The molecule has 1 aliphatic rings. The molecule has 3 heterocycles. The molecule has 0 N–H and O–H groups in total. The van der Waals surface area contributed by atoms with Gasteiger partial charge in [-0.1, -0.05) is 30.3 Å². The zero-order valence-electron chi connectivity index (χ0n) is 18.0. The van der Waals surface area contributed by atoms with Crippen LogP contribution in [0.2, 0.25) is 0 Å². The fourth-order valence-electron chi connectivity index (χ4n) is 4.23. The number of thiophene rings is 1. The van der Waals surface area contributed by atoms with Crippen molar-refractivity contribution in [1.29, 1.82) is 0 Å². The molecular formula is C26H25N3O2S. The van der Waals surface area contributed by atoms with E-state index >= 15 is 0 Å². The number of benzene rings is 2. The van der Waals surface area contributed by atoms with E-state index in [1.165, 1.54) is 0 Å². The average Bonchev–Trinajstić information content (AvgIpc) is 3.39. The third-order valence-corrected chi connectivity index (χ3v) is 6.52. The summed E-state index contributed by atoms with van der Waals surface area (Å²) in [5, 5.41) is 5.01. The number of para-hydroxylation sites is 3. The Hall–Kier alpha value is -3.38. The number of carbonyl (C=O) groups excluding carboxylic acids is 1. The van der Waals surface area contributed by atoms with Crippen LogP contribution in [0.25, 0.3) is 22.2 Å². The number of hydrogen-bond acceptors (Lipinski definition) is 5. The van der Waals surface area contributed by atoms with Crippen LogP contribution in [0.15, 0.2) is 71.4 Å². The maximum atomic E-state index is 13.6. The third-order valence-electron chi connectivity index (χ3n) is 5.84. The molecule has 0 radical (unpaired) electrons. The highest BCUT2D eigenvalue weighted by atomic mass is 32.1. The molecule has 0 spiro atoms. The smallest absolute Gasteiger partial charge is 0.254 e. The topological polar surface area (TPSA) is 45.7 Å². The third kappa shape index (κ3) is 3.94. The Kier molecular flexibility index (Phi) is 5.77. The lowest BCUT2D eigenvalue weighted by atomic mass is 10.0. The Bertz CT molecular complexity index is 1230. The van der Waals surface area contributed by atoms with E-state index in [2.05, 4.69) is 16.3 Å². The van der Waals surface area contributed by atoms with E-state index < -0.39 is 0 Å². The molecule has 0 bridgehead atoms. The highest BCUT2D eigenvalue weighted by molar-refractivity contribution is 7.08. The van der Waals surface area contributed by atoms with Crippen molar-refractivity contribution < 1.29 is 9.53 Å². The number of hydrogen-bond donors (Lipinski definition) is 0. The van der Waals surface area contributed by atoms with Gasteiger partial charge in [0.05, 0.1) is 29.1 Å². The molecule has 5 nitrogen and oxygen atoms in total. The number of carbonyl (C=O) groups is 1. The highest BCUT2D eigenvalue weighted by Gasteiger charge is 2.25. The molecule has 0 aliphatic carbocycles. The lowest BCUT2D eigenvalue weighted by Crippen LogP contribution is -2.49. The lowest BCUT2D eigenvalue weighted by Gasteiger charge is -2.37. The van der Waals surface area contributed by atoms with Crippen LogP contribution in [0, 0.1) is 0 Å². The summed E-state index contributed by atoms with van der Waals surface area (Å²) in [6, 6.07) is 20.0. The minimum atomic E-state index is 0.0674. The summed E-state index contributed by atoms with van der Waals surface area (Å²) in [5.41, 5.74) is 4.56. The number of nitrogens with zero attached hydrogens (tertiary/aromatic N) is 3. The van der Waals surface area contributed by atoms with Gasteiger partial charge in [-0.25, -0.2) is 4.98 Å². The number of rotatable bonds is 5. The Morgan fingerprint density at radius 2 is 1.81 bits per heavy atom. The van der Waals surface area contributed by atoms with Crippen LogP contribution in [0.4, 0.5) is 5.69 Å². The van der Waals surface area contributed by atoms with Crippen LogP contribution in [0.1, 0.15) is 17.3 Å². The largest absolute Gasteiger partial charge is 0.492 e. The minimum absolute atomic E-state index is 0.0674. The van der Waals surface area contributed by atoms with Gasteiger partial charge in [0.1, 0.15) is 5.75 Å². The molecule has 0 saturated carbocycles. The second-order valence-corrected chi connectivity index (χ2v) is 8.54. The summed E-state index contributed by atoms with van der Waals surface area (Å²) in [6.07, 6.45) is 0. The van der Waals surface area contributed by atoms with Crippen LogP contribution in [0.3, 0.4) is 0 Å². The molecule has 2 aromatic heterocycles. The first-order valence-electron chi connectivity index (χ1n) is 10.9. The van der Waals surface area contributed by atoms with Crippen LogP contribution >= 0.6 is 11.3 Å². The number of aromatic nitrogens is 1. The average molecular weight is 444 g/mol. The molecule has 2 aromatic carbocycles. The second kappa shape index (κ2) is 9.01. The number of pyridine rings is 1. The summed E-state index contributed by atoms with van der Waals surface area (Å²) in [6.45, 7) is 5.52. The van der Waals surface area contributed by atoms with E-state index in [1.807, 2.05) is 71.8 Å². The molecule has 1 aliphatic heterocycles. The van der Waals surface area contributed by atoms with Crippen molar-refractivity contribution in [2.75, 3.05) is 37.7 Å². The lowest BCUT2D eigenvalue weighted by molar-refractivity contribution is 0.0748. The summed E-state index contributed by atoms with van der Waals surface area (Å²) in [7, 11) is 0. The van der Waals surface area contributed by atoms with Crippen molar-refractivity contribution in [2.24, 2.45) is 0 Å². The van der Waals surface area contributed by atoms with E-state index in [1.54, 1.807) is 11.3 Å². The molecule has 1 saturated heterocycles. The van der Waals surface area contributed by atoms with Gasteiger partial charge >= 0.3 is 0 Å². The van der Waals surface area contributed by atoms with Gasteiger partial charge in [0, 0.05) is 42.5 Å². The predicted molar refractivity (Wildman–Crippen MR) is 131 cm³/mol. The number of amides is 1. The molecule has 162 valence electrons. The summed E-state index contributed by atoms with van der Waals surface area (Å²) < 4.78 is 5.80. The Balaban J connectivity index is 1.40. The van der Waals surface area contributed by atoms with Crippen molar-refractivity contribution in [1.82, 2.24) is 9.88 Å². The standard InChI is InChI=1S/C26H25N3O2S/c1-2-31-25-10-6-5-9-24(25)28-12-14-29(15-13-28)26(30)21-17-23(19-11-16-32-18-19)27-22-8-4-3-7-20(21)22/h3-11,16-18H,2,12-15H2,1H3. The van der Waals surface area contributed by atoms with Gasteiger partial charge in [-0.05, 0) is 42.6 Å². The summed E-state index contributed by atoms with van der Waals surface area (Å²) in [4.78, 5) is 22.7. The molecule has 1 fully saturated rings. The van der Waals surface area contributed by atoms with E-state index in [4.69, 9.17) is 9.72 Å². The zero-order chi connectivity index (χ0) is 21.9. The molecular weight excluding hydrogens is 418 g/mol. The van der Waals surface area contributed by atoms with Gasteiger partial charge in [-0.2, -0.15) is 11.3 Å². The van der Waals surface area contributed by atoms with Gasteiger partial charge in [-0.15, -0.1) is 0 Å². The van der Waals surface area contributed by atoms with Crippen molar-refractivity contribution in [3.8, 4) is 17.0 Å². The van der Waals surface area contributed by atoms with E-state index in [0.717, 1.165) is 52.3 Å². The van der Waals surface area contributed by atoms with Gasteiger partial charge in [0.25, 0.3) is 5.91 Å². The van der Waals surface area contributed by atoms with E-state index in [0.29, 0.717) is 19.7 Å². The number of piperazine rings is 1. The van der Waals surface area contributed by atoms with Gasteiger partial charge < -0.3 is 14.5 Å². The van der Waals surface area contributed by atoms with Crippen LogP contribution in [-0.2, 0) is 0 Å². The van der Waals surface area contributed by atoms with Crippen molar-refractivity contribution in [3.63, 3.8) is 0 Å². The first-order chi connectivity index (χ1) is 15.7. The van der Waals surface area contributed by atoms with Gasteiger partial charge in [0.15, 0.2) is 0 Å². The quantitative estimate of drug-likeness (QED) is 0.419. The second-order valence-electron chi connectivity index (χ2n) is 7.76. The highest BCUT2D eigenvalue weighted by Crippen LogP contribution is 2.30. The Labute approximate surface area is 191 Å². The van der Waals surface area contributed by atoms with Crippen LogP contribution < -0.4 is 9.64 Å². The predicted octanol–water partition coefficient (Wildman–Crippen LogP) is 5.32.